The van der Waals surface area contributed by atoms with Crippen LogP contribution in [0.15, 0.2) is 4.99 Å². The van der Waals surface area contributed by atoms with E-state index in [1.54, 1.807) is 7.05 Å². The molecule has 5 heteroatoms. The van der Waals surface area contributed by atoms with E-state index in [-0.39, 0.29) is 5.91 Å². The molecule has 0 bridgehead atoms. The number of ether oxygens (including phenoxy) is 1. The van der Waals surface area contributed by atoms with Gasteiger partial charge in [-0.15, -0.1) is 0 Å². The lowest BCUT2D eigenvalue weighted by Gasteiger charge is -2.25. The first-order chi connectivity index (χ1) is 9.96. The smallest absolute Gasteiger partial charge is 0.254 e. The number of carbonyl (C=O) groups is 1. The van der Waals surface area contributed by atoms with E-state index in [1.807, 2.05) is 11.8 Å². The molecule has 1 amide bonds. The molecule has 2 rings (SSSR count). The zero-order valence-corrected chi connectivity index (χ0v) is 13.8. The Morgan fingerprint density at radius 1 is 1.43 bits per heavy atom. The first-order valence-electron chi connectivity index (χ1n) is 8.11. The van der Waals surface area contributed by atoms with E-state index in [2.05, 4.69) is 24.2 Å². The van der Waals surface area contributed by atoms with Crippen molar-refractivity contribution in [1.29, 1.82) is 0 Å². The number of carbonyl (C=O) groups excluding carboxylic acids is 1. The van der Waals surface area contributed by atoms with Crippen LogP contribution in [0.1, 0.15) is 46.5 Å². The van der Waals surface area contributed by atoms with Crippen molar-refractivity contribution in [3.05, 3.63) is 0 Å². The van der Waals surface area contributed by atoms with E-state index < -0.39 is 5.54 Å². The number of hydrogen-bond acceptors (Lipinski definition) is 3. The topological polar surface area (TPSA) is 53.9 Å². The Morgan fingerprint density at radius 2 is 2.10 bits per heavy atom. The first-order valence-corrected chi connectivity index (χ1v) is 8.11. The van der Waals surface area contributed by atoms with Crippen molar-refractivity contribution in [2.75, 3.05) is 26.8 Å². The summed E-state index contributed by atoms with van der Waals surface area (Å²) in [5, 5.41) is 3.34. The molecule has 2 saturated heterocycles. The Labute approximate surface area is 128 Å². The third kappa shape index (κ3) is 3.76. The summed E-state index contributed by atoms with van der Waals surface area (Å²) in [5.74, 6) is 2.04. The molecule has 0 radical (unpaired) electrons. The van der Waals surface area contributed by atoms with Crippen LogP contribution < -0.4 is 5.32 Å². The van der Waals surface area contributed by atoms with E-state index >= 15 is 0 Å². The number of guanidine groups is 1. The highest BCUT2D eigenvalue weighted by atomic mass is 16.5. The van der Waals surface area contributed by atoms with Gasteiger partial charge in [0.15, 0.2) is 0 Å². The summed E-state index contributed by atoms with van der Waals surface area (Å²) in [6, 6.07) is 0. The summed E-state index contributed by atoms with van der Waals surface area (Å²) >= 11 is 0. The molecule has 0 aliphatic carbocycles. The highest BCUT2D eigenvalue weighted by molar-refractivity contribution is 6.08. The normalized spacial score (nSPS) is 29.5. The fourth-order valence-electron chi connectivity index (χ4n) is 3.45. The van der Waals surface area contributed by atoms with Crippen molar-refractivity contribution >= 4 is 11.9 Å². The minimum atomic E-state index is -0.501. The van der Waals surface area contributed by atoms with Gasteiger partial charge in [0.25, 0.3) is 5.91 Å². The molecule has 1 N–H and O–H groups in total. The van der Waals surface area contributed by atoms with Gasteiger partial charge in [-0.1, -0.05) is 13.8 Å². The van der Waals surface area contributed by atoms with Gasteiger partial charge in [-0.25, -0.2) is 0 Å². The maximum Gasteiger partial charge on any atom is 0.254 e. The number of aliphatic imine (C=N–C) groups is 1. The zero-order valence-electron chi connectivity index (χ0n) is 13.8. The van der Waals surface area contributed by atoms with Crippen LogP contribution in [0.25, 0.3) is 0 Å². The van der Waals surface area contributed by atoms with Gasteiger partial charge in [0.2, 0.25) is 5.96 Å². The van der Waals surface area contributed by atoms with Crippen molar-refractivity contribution in [2.24, 2.45) is 16.8 Å². The summed E-state index contributed by atoms with van der Waals surface area (Å²) in [5.41, 5.74) is -0.501. The Kier molecular flexibility index (Phi) is 5.25. The van der Waals surface area contributed by atoms with Crippen molar-refractivity contribution in [3.8, 4) is 0 Å². The van der Waals surface area contributed by atoms with Gasteiger partial charge >= 0.3 is 0 Å². The van der Waals surface area contributed by atoms with Crippen molar-refractivity contribution < 1.29 is 9.53 Å². The minimum Gasteiger partial charge on any atom is -0.381 e. The molecule has 2 aliphatic rings. The second-order valence-electron chi connectivity index (χ2n) is 6.90. The van der Waals surface area contributed by atoms with Gasteiger partial charge < -0.3 is 10.1 Å². The van der Waals surface area contributed by atoms with Crippen LogP contribution in [-0.2, 0) is 9.53 Å². The van der Waals surface area contributed by atoms with E-state index in [0.717, 1.165) is 51.4 Å². The van der Waals surface area contributed by atoms with E-state index in [0.29, 0.717) is 11.8 Å². The van der Waals surface area contributed by atoms with Crippen molar-refractivity contribution in [2.45, 2.75) is 52.0 Å². The Balaban J connectivity index is 1.98. The molecule has 21 heavy (non-hydrogen) atoms. The van der Waals surface area contributed by atoms with Crippen LogP contribution in [-0.4, -0.2) is 49.1 Å². The van der Waals surface area contributed by atoms with Crippen LogP contribution >= 0.6 is 0 Å². The Morgan fingerprint density at radius 3 is 2.67 bits per heavy atom. The van der Waals surface area contributed by atoms with Gasteiger partial charge in [0.1, 0.15) is 5.54 Å². The Bertz CT molecular complexity index is 402. The van der Waals surface area contributed by atoms with Crippen LogP contribution in [0, 0.1) is 11.8 Å². The summed E-state index contributed by atoms with van der Waals surface area (Å²) in [6.45, 7) is 8.76. The van der Waals surface area contributed by atoms with E-state index in [1.165, 1.54) is 0 Å². The molecule has 5 nitrogen and oxygen atoms in total. The molecule has 0 spiro atoms. The minimum absolute atomic E-state index is 0.170. The number of hydrogen-bond donors (Lipinski definition) is 1. The lowest BCUT2D eigenvalue weighted by atomic mass is 9.90. The number of amides is 1. The van der Waals surface area contributed by atoms with Crippen LogP contribution in [0.5, 0.6) is 0 Å². The summed E-state index contributed by atoms with van der Waals surface area (Å²) in [4.78, 5) is 18.9. The average molecular weight is 295 g/mol. The fraction of sp³-hybridized carbons (Fsp3) is 0.875. The Hall–Kier alpha value is -1.10. The standard InChI is InChI=1S/C16H29N3O2/c1-12(2)11-16(3)14(20)19(15(17-4)18-16)8-5-13-6-9-21-10-7-13/h12-13H,5-11H2,1-4H3,(H,17,18). The third-order valence-electron chi connectivity index (χ3n) is 4.49. The van der Waals surface area contributed by atoms with E-state index in [4.69, 9.17) is 4.74 Å². The second-order valence-corrected chi connectivity index (χ2v) is 6.90. The summed E-state index contributed by atoms with van der Waals surface area (Å²) < 4.78 is 5.40. The molecule has 2 heterocycles. The quantitative estimate of drug-likeness (QED) is 0.844. The van der Waals surface area contributed by atoms with Gasteiger partial charge in [0, 0.05) is 26.8 Å². The van der Waals surface area contributed by atoms with Crippen LogP contribution in [0.3, 0.4) is 0 Å². The second kappa shape index (κ2) is 6.77. The molecule has 0 saturated carbocycles. The summed E-state index contributed by atoms with van der Waals surface area (Å²) in [6.07, 6.45) is 4.08. The molecular formula is C16H29N3O2. The molecular weight excluding hydrogens is 266 g/mol. The van der Waals surface area contributed by atoms with Gasteiger partial charge in [-0.05, 0) is 44.4 Å². The van der Waals surface area contributed by atoms with Crippen molar-refractivity contribution in [1.82, 2.24) is 10.2 Å². The first kappa shape index (κ1) is 16.3. The van der Waals surface area contributed by atoms with Gasteiger partial charge in [-0.3, -0.25) is 14.7 Å². The SMILES string of the molecule is CN=C1NC(C)(CC(C)C)C(=O)N1CCC1CCOCC1. The molecule has 0 aromatic rings. The molecule has 120 valence electrons. The maximum atomic E-state index is 12.8. The largest absolute Gasteiger partial charge is 0.381 e. The molecule has 0 aromatic carbocycles. The highest BCUT2D eigenvalue weighted by Crippen LogP contribution is 2.26. The molecule has 0 aromatic heterocycles. The predicted molar refractivity (Wildman–Crippen MR) is 84.2 cm³/mol. The van der Waals surface area contributed by atoms with Crippen LogP contribution in [0.2, 0.25) is 0 Å². The molecule has 1 unspecified atom stereocenters. The highest BCUT2D eigenvalue weighted by Gasteiger charge is 2.46. The number of nitrogens with one attached hydrogen (secondary N) is 1. The zero-order chi connectivity index (χ0) is 15.5. The van der Waals surface area contributed by atoms with Crippen molar-refractivity contribution in [3.63, 3.8) is 0 Å². The molecule has 2 aliphatic heterocycles. The van der Waals surface area contributed by atoms with Gasteiger partial charge in [0.05, 0.1) is 0 Å². The number of nitrogens with zero attached hydrogens (tertiary/aromatic N) is 2. The lowest BCUT2D eigenvalue weighted by molar-refractivity contribution is -0.131. The third-order valence-corrected chi connectivity index (χ3v) is 4.49. The predicted octanol–water partition coefficient (Wildman–Crippen LogP) is 2.03. The lowest BCUT2D eigenvalue weighted by Crippen LogP contribution is -2.45. The van der Waals surface area contributed by atoms with Gasteiger partial charge in [-0.2, -0.15) is 0 Å². The average Bonchev–Trinajstić information content (AvgIpc) is 2.68. The molecule has 1 atom stereocenters. The fourth-order valence-corrected chi connectivity index (χ4v) is 3.45. The summed E-state index contributed by atoms with van der Waals surface area (Å²) in [7, 11) is 1.75. The van der Waals surface area contributed by atoms with Crippen LogP contribution in [0.4, 0.5) is 0 Å². The maximum absolute atomic E-state index is 12.8. The molecule has 2 fully saturated rings. The van der Waals surface area contributed by atoms with E-state index in [9.17, 15) is 4.79 Å². The number of rotatable bonds is 5. The monoisotopic (exact) mass is 295 g/mol.